The molecule has 0 N–H and O–H groups in total. The highest BCUT2D eigenvalue weighted by molar-refractivity contribution is 5.67. The summed E-state index contributed by atoms with van der Waals surface area (Å²) in [5.41, 5.74) is 0. The zero-order valence-electron chi connectivity index (χ0n) is 13.7. The fraction of sp³-hybridized carbons (Fsp3) is 0.571. The summed E-state index contributed by atoms with van der Waals surface area (Å²) in [5.74, 6) is -1.93. The minimum absolute atomic E-state index is 0.113. The first-order chi connectivity index (χ1) is 11.8. The van der Waals surface area contributed by atoms with Gasteiger partial charge < -0.3 is 18.9 Å². The van der Waals surface area contributed by atoms with Crippen LogP contribution in [-0.2, 0) is 33.3 Å². The number of nitriles is 1. The zero-order chi connectivity index (χ0) is 18.6. The van der Waals surface area contributed by atoms with E-state index in [4.69, 9.17) is 24.2 Å². The third-order valence-corrected chi connectivity index (χ3v) is 3.21. The van der Waals surface area contributed by atoms with Gasteiger partial charge in [0.05, 0.1) is 0 Å². The van der Waals surface area contributed by atoms with Gasteiger partial charge >= 0.3 is 17.9 Å². The monoisotopic (exact) mass is 352 g/mol. The van der Waals surface area contributed by atoms with Crippen molar-refractivity contribution in [1.82, 2.24) is 14.8 Å². The predicted octanol–water partition coefficient (Wildman–Crippen LogP) is -0.526. The van der Waals surface area contributed by atoms with Crippen LogP contribution in [0, 0.1) is 11.3 Å². The van der Waals surface area contributed by atoms with Crippen LogP contribution in [0.25, 0.3) is 0 Å². The fourth-order valence-electron chi connectivity index (χ4n) is 2.35. The Hall–Kier alpha value is -3.00. The zero-order valence-corrected chi connectivity index (χ0v) is 13.7. The maximum absolute atomic E-state index is 11.4. The van der Waals surface area contributed by atoms with Gasteiger partial charge in [0.15, 0.2) is 18.4 Å². The van der Waals surface area contributed by atoms with Crippen LogP contribution < -0.4 is 0 Å². The molecule has 25 heavy (non-hydrogen) atoms. The van der Waals surface area contributed by atoms with Gasteiger partial charge in [0, 0.05) is 20.8 Å². The van der Waals surface area contributed by atoms with Crippen molar-refractivity contribution in [3.8, 4) is 6.07 Å². The number of aromatic nitrogens is 3. The molecule has 1 saturated heterocycles. The number of esters is 3. The van der Waals surface area contributed by atoms with E-state index in [1.54, 1.807) is 6.07 Å². The van der Waals surface area contributed by atoms with Crippen LogP contribution in [0.1, 0.15) is 32.8 Å². The summed E-state index contributed by atoms with van der Waals surface area (Å²) < 4.78 is 22.2. The van der Waals surface area contributed by atoms with Gasteiger partial charge in [-0.15, -0.1) is 5.10 Å². The molecule has 1 aliphatic heterocycles. The maximum Gasteiger partial charge on any atom is 0.303 e. The molecule has 0 radical (unpaired) electrons. The van der Waals surface area contributed by atoms with Gasteiger partial charge in [0.25, 0.3) is 5.82 Å². The minimum atomic E-state index is -1.06. The minimum Gasteiger partial charge on any atom is -0.463 e. The van der Waals surface area contributed by atoms with Crippen LogP contribution >= 0.6 is 0 Å². The molecule has 0 bridgehead atoms. The molecule has 2 heterocycles. The molecule has 0 spiro atoms. The molecule has 4 atom stereocenters. The van der Waals surface area contributed by atoms with E-state index in [2.05, 4.69) is 10.1 Å². The van der Waals surface area contributed by atoms with E-state index in [0.29, 0.717) is 0 Å². The molecule has 1 fully saturated rings. The largest absolute Gasteiger partial charge is 0.463 e. The number of hydrogen-bond donors (Lipinski definition) is 0. The second-order valence-electron chi connectivity index (χ2n) is 5.18. The van der Waals surface area contributed by atoms with E-state index in [0.717, 1.165) is 0 Å². The second-order valence-corrected chi connectivity index (χ2v) is 5.18. The van der Waals surface area contributed by atoms with E-state index >= 15 is 0 Å². The number of ether oxygens (including phenoxy) is 4. The summed E-state index contributed by atoms with van der Waals surface area (Å²) in [6.07, 6.45) is -2.77. The Morgan fingerprint density at radius 3 is 2.36 bits per heavy atom. The van der Waals surface area contributed by atoms with Crippen LogP contribution in [-0.4, -0.2) is 57.6 Å². The molecule has 134 valence electrons. The summed E-state index contributed by atoms with van der Waals surface area (Å²) in [4.78, 5) is 37.6. The standard InChI is InChI=1S/C14H16N4O7/c1-7(19)22-5-10-12(23-8(2)20)13(24-9(3)21)14(25-10)18-6-16-11(4-15)17-18/h6,10,12-14H,5H2,1-3H3/t10-,12-,13-,14-/m1/s1. The SMILES string of the molecule is CC(=O)OC[C@H]1O[C@@H](n2cnc(C#N)n2)[C@H](OC(C)=O)[C@@H]1OC(C)=O. The van der Waals surface area contributed by atoms with Gasteiger partial charge in [-0.3, -0.25) is 14.4 Å². The van der Waals surface area contributed by atoms with Gasteiger partial charge in [-0.2, -0.15) is 5.26 Å². The van der Waals surface area contributed by atoms with Crippen molar-refractivity contribution in [1.29, 1.82) is 5.26 Å². The molecule has 0 saturated carbocycles. The lowest BCUT2D eigenvalue weighted by Crippen LogP contribution is -2.40. The van der Waals surface area contributed by atoms with Crippen molar-refractivity contribution >= 4 is 17.9 Å². The van der Waals surface area contributed by atoms with Crippen molar-refractivity contribution in [3.63, 3.8) is 0 Å². The average molecular weight is 352 g/mol. The first-order valence-corrected chi connectivity index (χ1v) is 7.26. The maximum atomic E-state index is 11.4. The Kier molecular flexibility index (Phi) is 5.66. The molecule has 0 unspecified atom stereocenters. The van der Waals surface area contributed by atoms with Crippen molar-refractivity contribution in [2.24, 2.45) is 0 Å². The lowest BCUT2D eigenvalue weighted by molar-refractivity contribution is -0.166. The number of hydrogen-bond acceptors (Lipinski definition) is 10. The number of carbonyl (C=O) groups is 3. The highest BCUT2D eigenvalue weighted by Gasteiger charge is 2.51. The van der Waals surface area contributed by atoms with Crippen LogP contribution in [0.4, 0.5) is 0 Å². The van der Waals surface area contributed by atoms with Gasteiger partial charge in [-0.05, 0) is 0 Å². The van der Waals surface area contributed by atoms with Crippen molar-refractivity contribution < 1.29 is 33.3 Å². The highest BCUT2D eigenvalue weighted by Crippen LogP contribution is 2.33. The molecule has 11 nitrogen and oxygen atoms in total. The van der Waals surface area contributed by atoms with Crippen LogP contribution in [0.2, 0.25) is 0 Å². The summed E-state index contributed by atoms with van der Waals surface area (Å²) in [5, 5.41) is 12.7. The van der Waals surface area contributed by atoms with Crippen molar-refractivity contribution in [3.05, 3.63) is 12.2 Å². The van der Waals surface area contributed by atoms with Gasteiger partial charge in [0.1, 0.15) is 25.1 Å². The molecule has 2 rings (SSSR count). The second kappa shape index (κ2) is 7.71. The summed E-state index contributed by atoms with van der Waals surface area (Å²) >= 11 is 0. The van der Waals surface area contributed by atoms with Crippen LogP contribution in [0.15, 0.2) is 6.33 Å². The molecule has 1 aromatic rings. The molecule has 0 aromatic carbocycles. The number of carbonyl (C=O) groups excluding carboxylic acids is 3. The van der Waals surface area contributed by atoms with Crippen molar-refractivity contribution in [2.45, 2.75) is 45.3 Å². The van der Waals surface area contributed by atoms with Gasteiger partial charge in [-0.1, -0.05) is 0 Å². The fourth-order valence-corrected chi connectivity index (χ4v) is 2.35. The van der Waals surface area contributed by atoms with E-state index in [-0.39, 0.29) is 12.4 Å². The van der Waals surface area contributed by atoms with E-state index in [1.807, 2.05) is 0 Å². The molecule has 0 amide bonds. The molecular weight excluding hydrogens is 336 g/mol. The van der Waals surface area contributed by atoms with Crippen LogP contribution in [0.5, 0.6) is 0 Å². The quantitative estimate of drug-likeness (QED) is 0.501. The highest BCUT2D eigenvalue weighted by atomic mass is 16.7. The lowest BCUT2D eigenvalue weighted by Gasteiger charge is -2.23. The van der Waals surface area contributed by atoms with E-state index in [1.165, 1.54) is 31.8 Å². The lowest BCUT2D eigenvalue weighted by atomic mass is 10.1. The third kappa shape index (κ3) is 4.51. The Balaban J connectivity index is 2.32. The Morgan fingerprint density at radius 1 is 1.20 bits per heavy atom. The smallest absolute Gasteiger partial charge is 0.303 e. The first-order valence-electron chi connectivity index (χ1n) is 7.26. The Bertz CT molecular complexity index is 710. The third-order valence-electron chi connectivity index (χ3n) is 3.21. The topological polar surface area (TPSA) is 143 Å². The number of rotatable bonds is 5. The first kappa shape index (κ1) is 18.3. The average Bonchev–Trinajstić information content (AvgIpc) is 3.10. The molecule has 1 aliphatic rings. The predicted molar refractivity (Wildman–Crippen MR) is 76.4 cm³/mol. The molecule has 0 aliphatic carbocycles. The van der Waals surface area contributed by atoms with Crippen LogP contribution in [0.3, 0.4) is 0 Å². The number of nitrogens with zero attached hydrogens (tertiary/aromatic N) is 4. The van der Waals surface area contributed by atoms with Gasteiger partial charge in [-0.25, -0.2) is 9.67 Å². The molecular formula is C14H16N4O7. The van der Waals surface area contributed by atoms with E-state index in [9.17, 15) is 14.4 Å². The summed E-state index contributed by atoms with van der Waals surface area (Å²) in [6.45, 7) is 3.36. The summed E-state index contributed by atoms with van der Waals surface area (Å²) in [6, 6.07) is 1.76. The Morgan fingerprint density at radius 2 is 1.84 bits per heavy atom. The molecule has 11 heteroatoms. The molecule has 1 aromatic heterocycles. The van der Waals surface area contributed by atoms with Crippen molar-refractivity contribution in [2.75, 3.05) is 6.61 Å². The summed E-state index contributed by atoms with van der Waals surface area (Å²) in [7, 11) is 0. The van der Waals surface area contributed by atoms with E-state index < -0.39 is 42.4 Å². The Labute approximate surface area is 142 Å². The normalized spacial score (nSPS) is 25.0. The van der Waals surface area contributed by atoms with Gasteiger partial charge in [0.2, 0.25) is 0 Å².